The van der Waals surface area contributed by atoms with E-state index in [4.69, 9.17) is 4.52 Å². The van der Waals surface area contributed by atoms with E-state index >= 15 is 0 Å². The van der Waals surface area contributed by atoms with Crippen molar-refractivity contribution in [1.82, 2.24) is 10.5 Å². The van der Waals surface area contributed by atoms with Crippen molar-refractivity contribution in [2.75, 3.05) is 13.1 Å². The lowest BCUT2D eigenvalue weighted by molar-refractivity contribution is 0.386. The molecule has 0 spiro atoms. The molecule has 0 amide bonds. The fourth-order valence-electron chi connectivity index (χ4n) is 1.49. The Morgan fingerprint density at radius 2 is 2.64 bits per heavy atom. The molecule has 1 aromatic heterocycles. The zero-order chi connectivity index (χ0) is 7.68. The van der Waals surface area contributed by atoms with Crippen LogP contribution in [0.1, 0.15) is 23.8 Å². The van der Waals surface area contributed by atoms with Crippen molar-refractivity contribution in [2.45, 2.75) is 19.3 Å². The lowest BCUT2D eigenvalue weighted by atomic mass is 10.1. The third-order valence-electron chi connectivity index (χ3n) is 2.12. The maximum Gasteiger partial charge on any atom is 0.133 e. The number of aryl methyl sites for hydroxylation is 1. The molecule has 0 saturated carbocycles. The van der Waals surface area contributed by atoms with Crippen molar-refractivity contribution < 1.29 is 4.52 Å². The van der Waals surface area contributed by atoms with E-state index in [1.165, 1.54) is 6.42 Å². The van der Waals surface area contributed by atoms with Crippen molar-refractivity contribution in [3.8, 4) is 0 Å². The molecule has 1 aliphatic heterocycles. The Kier molecular flexibility index (Phi) is 1.66. The van der Waals surface area contributed by atoms with Gasteiger partial charge < -0.3 is 9.84 Å². The average Bonchev–Trinajstić information content (AvgIpc) is 2.55. The molecular formula is C8H12N2O. The Labute approximate surface area is 65.8 Å². The van der Waals surface area contributed by atoms with E-state index in [0.29, 0.717) is 5.92 Å². The maximum atomic E-state index is 5.00. The third-order valence-corrected chi connectivity index (χ3v) is 2.12. The molecule has 0 radical (unpaired) electrons. The summed E-state index contributed by atoms with van der Waals surface area (Å²) in [7, 11) is 0. The maximum absolute atomic E-state index is 5.00. The van der Waals surface area contributed by atoms with E-state index in [1.807, 2.05) is 13.0 Å². The van der Waals surface area contributed by atoms with Crippen LogP contribution >= 0.6 is 0 Å². The molecule has 0 aliphatic carbocycles. The minimum atomic E-state index is 0.576. The molecule has 1 unspecified atom stereocenters. The second-order valence-corrected chi connectivity index (χ2v) is 3.05. The molecule has 1 fully saturated rings. The first-order valence-electron chi connectivity index (χ1n) is 4.00. The zero-order valence-corrected chi connectivity index (χ0v) is 6.63. The van der Waals surface area contributed by atoms with Gasteiger partial charge in [0.05, 0.1) is 5.69 Å². The molecule has 11 heavy (non-hydrogen) atoms. The topological polar surface area (TPSA) is 38.1 Å². The first kappa shape index (κ1) is 6.85. The Balaban J connectivity index is 2.15. The average molecular weight is 152 g/mol. The highest BCUT2D eigenvalue weighted by atomic mass is 16.5. The molecule has 2 rings (SSSR count). The molecule has 1 aromatic rings. The summed E-state index contributed by atoms with van der Waals surface area (Å²) < 4.78 is 5.00. The number of hydrogen-bond donors (Lipinski definition) is 1. The predicted octanol–water partition coefficient (Wildman–Crippen LogP) is 1.06. The van der Waals surface area contributed by atoms with Crippen LogP contribution < -0.4 is 5.32 Å². The number of hydrogen-bond acceptors (Lipinski definition) is 3. The summed E-state index contributed by atoms with van der Waals surface area (Å²) >= 11 is 0. The first-order valence-corrected chi connectivity index (χ1v) is 4.00. The summed E-state index contributed by atoms with van der Waals surface area (Å²) in [6.07, 6.45) is 1.19. The van der Waals surface area contributed by atoms with Gasteiger partial charge in [-0.1, -0.05) is 5.16 Å². The fourth-order valence-corrected chi connectivity index (χ4v) is 1.49. The van der Waals surface area contributed by atoms with Gasteiger partial charge in [-0.25, -0.2) is 0 Å². The van der Waals surface area contributed by atoms with Crippen LogP contribution in [0.3, 0.4) is 0 Å². The largest absolute Gasteiger partial charge is 0.361 e. The molecule has 0 aromatic carbocycles. The molecule has 3 heteroatoms. The molecule has 1 saturated heterocycles. The number of aromatic nitrogens is 1. The first-order chi connectivity index (χ1) is 5.36. The lowest BCUT2D eigenvalue weighted by Gasteiger charge is -1.99. The molecule has 1 aliphatic rings. The van der Waals surface area contributed by atoms with E-state index in [-0.39, 0.29) is 0 Å². The number of nitrogens with zero attached hydrogens (tertiary/aromatic N) is 1. The quantitative estimate of drug-likeness (QED) is 0.654. The van der Waals surface area contributed by atoms with Gasteiger partial charge in [-0.2, -0.15) is 0 Å². The molecule has 1 atom stereocenters. The van der Waals surface area contributed by atoms with Gasteiger partial charge in [0, 0.05) is 18.5 Å². The number of rotatable bonds is 1. The van der Waals surface area contributed by atoms with Crippen LogP contribution in [0, 0.1) is 6.92 Å². The van der Waals surface area contributed by atoms with E-state index in [0.717, 1.165) is 24.5 Å². The minimum absolute atomic E-state index is 0.576. The van der Waals surface area contributed by atoms with Crippen molar-refractivity contribution >= 4 is 0 Å². The normalized spacial score (nSPS) is 24.3. The van der Waals surface area contributed by atoms with E-state index in [2.05, 4.69) is 10.5 Å². The Hall–Kier alpha value is -0.830. The van der Waals surface area contributed by atoms with Crippen LogP contribution in [-0.2, 0) is 0 Å². The molecule has 2 heterocycles. The molecule has 3 nitrogen and oxygen atoms in total. The Morgan fingerprint density at radius 3 is 3.18 bits per heavy atom. The standard InChI is InChI=1S/C8H12N2O/c1-6-4-8(10-11-6)7-2-3-9-5-7/h4,7,9H,2-3,5H2,1H3. The molecular weight excluding hydrogens is 140 g/mol. The van der Waals surface area contributed by atoms with Gasteiger partial charge in [0.2, 0.25) is 0 Å². The highest BCUT2D eigenvalue weighted by molar-refractivity contribution is 5.11. The molecule has 1 N–H and O–H groups in total. The summed E-state index contributed by atoms with van der Waals surface area (Å²) in [6.45, 7) is 4.08. The smallest absolute Gasteiger partial charge is 0.133 e. The van der Waals surface area contributed by atoms with Gasteiger partial charge in [0.1, 0.15) is 5.76 Å². The van der Waals surface area contributed by atoms with Crippen LogP contribution in [0.2, 0.25) is 0 Å². The van der Waals surface area contributed by atoms with Crippen LogP contribution in [0.4, 0.5) is 0 Å². The highest BCUT2D eigenvalue weighted by Gasteiger charge is 2.19. The molecule has 0 bridgehead atoms. The monoisotopic (exact) mass is 152 g/mol. The predicted molar refractivity (Wildman–Crippen MR) is 41.5 cm³/mol. The highest BCUT2D eigenvalue weighted by Crippen LogP contribution is 2.21. The summed E-state index contributed by atoms with van der Waals surface area (Å²) in [5, 5.41) is 7.28. The Bertz CT molecular complexity index is 238. The van der Waals surface area contributed by atoms with Gasteiger partial charge in [-0.15, -0.1) is 0 Å². The SMILES string of the molecule is Cc1cc(C2CCNC2)no1. The summed E-state index contributed by atoms with van der Waals surface area (Å²) in [4.78, 5) is 0. The van der Waals surface area contributed by atoms with Gasteiger partial charge in [-0.3, -0.25) is 0 Å². The Morgan fingerprint density at radius 1 is 1.73 bits per heavy atom. The summed E-state index contributed by atoms with van der Waals surface area (Å²) in [5.74, 6) is 1.49. The van der Waals surface area contributed by atoms with Crippen LogP contribution in [-0.4, -0.2) is 18.2 Å². The molecule has 60 valence electrons. The second-order valence-electron chi connectivity index (χ2n) is 3.05. The van der Waals surface area contributed by atoms with Gasteiger partial charge >= 0.3 is 0 Å². The minimum Gasteiger partial charge on any atom is -0.361 e. The summed E-state index contributed by atoms with van der Waals surface area (Å²) in [5.41, 5.74) is 1.10. The van der Waals surface area contributed by atoms with E-state index in [9.17, 15) is 0 Å². The van der Waals surface area contributed by atoms with Gasteiger partial charge in [-0.05, 0) is 19.9 Å². The van der Waals surface area contributed by atoms with Gasteiger partial charge in [0.25, 0.3) is 0 Å². The van der Waals surface area contributed by atoms with Crippen LogP contribution in [0.15, 0.2) is 10.6 Å². The van der Waals surface area contributed by atoms with Gasteiger partial charge in [0.15, 0.2) is 0 Å². The van der Waals surface area contributed by atoms with Crippen molar-refractivity contribution in [3.05, 3.63) is 17.5 Å². The van der Waals surface area contributed by atoms with Crippen molar-refractivity contribution in [2.24, 2.45) is 0 Å². The van der Waals surface area contributed by atoms with Crippen molar-refractivity contribution in [1.29, 1.82) is 0 Å². The zero-order valence-electron chi connectivity index (χ0n) is 6.63. The van der Waals surface area contributed by atoms with Crippen LogP contribution in [0.25, 0.3) is 0 Å². The van der Waals surface area contributed by atoms with Crippen LogP contribution in [0.5, 0.6) is 0 Å². The summed E-state index contributed by atoms with van der Waals surface area (Å²) in [6, 6.07) is 2.03. The third kappa shape index (κ3) is 1.28. The number of nitrogens with one attached hydrogen (secondary N) is 1. The fraction of sp³-hybridized carbons (Fsp3) is 0.625. The van der Waals surface area contributed by atoms with Crippen molar-refractivity contribution in [3.63, 3.8) is 0 Å². The van der Waals surface area contributed by atoms with E-state index < -0.39 is 0 Å². The lowest BCUT2D eigenvalue weighted by Crippen LogP contribution is -2.07. The second kappa shape index (κ2) is 2.66. The van der Waals surface area contributed by atoms with E-state index in [1.54, 1.807) is 0 Å².